The highest BCUT2D eigenvalue weighted by molar-refractivity contribution is 5.99. The summed E-state index contributed by atoms with van der Waals surface area (Å²) in [5.74, 6) is 0. The molecule has 0 N–H and O–H groups in total. The third-order valence-corrected chi connectivity index (χ3v) is 12.6. The summed E-state index contributed by atoms with van der Waals surface area (Å²) < 4.78 is 0. The van der Waals surface area contributed by atoms with Crippen LogP contribution in [0.25, 0.3) is 66.1 Å². The Kier molecular flexibility index (Phi) is 7.21. The Balaban J connectivity index is 1.14. The van der Waals surface area contributed by atoms with E-state index >= 15 is 0 Å². The summed E-state index contributed by atoms with van der Waals surface area (Å²) in [5, 5.41) is 5.01. The van der Waals surface area contributed by atoms with Crippen molar-refractivity contribution < 1.29 is 0 Å². The summed E-state index contributed by atoms with van der Waals surface area (Å²) in [7, 11) is 0. The van der Waals surface area contributed by atoms with Crippen LogP contribution in [-0.4, -0.2) is 0 Å². The van der Waals surface area contributed by atoms with E-state index < -0.39 is 5.41 Å². The van der Waals surface area contributed by atoms with Gasteiger partial charge in [-0.15, -0.1) is 0 Å². The molecule has 0 unspecified atom stereocenters. The van der Waals surface area contributed by atoms with E-state index in [0.29, 0.717) is 0 Å². The second-order valence-electron chi connectivity index (χ2n) is 15.7. The molecule has 12 rings (SSSR count). The summed E-state index contributed by atoms with van der Waals surface area (Å²) in [5.41, 5.74) is 18.0. The summed E-state index contributed by atoms with van der Waals surface area (Å²) in [6.45, 7) is 0. The molecule has 10 aromatic carbocycles. The fraction of sp³-hybridized carbons (Fsp3) is 0.0175. The van der Waals surface area contributed by atoms with E-state index in [9.17, 15) is 0 Å². The number of anilines is 3. The number of hydrogen-bond donors (Lipinski definition) is 0. The minimum Gasteiger partial charge on any atom is -0.310 e. The summed E-state index contributed by atoms with van der Waals surface area (Å²) >= 11 is 0. The largest absolute Gasteiger partial charge is 0.310 e. The van der Waals surface area contributed by atoms with Crippen molar-refractivity contribution in [2.24, 2.45) is 0 Å². The standard InChI is InChI=1S/C57H37N/c1-2-13-38(14-3-1)43-19-12-20-48(35-43)58-55-23-10-8-21-51(55)57(52-22-9-11-24-56(52)58)53-36-46(44-27-25-39-15-4-6-17-41(39)33-44)29-31-49(53)50-32-30-47(37-54(50)57)45-28-26-40-16-5-7-18-42(40)34-45/h1-37H. The molecule has 0 aromatic heterocycles. The molecule has 1 aliphatic heterocycles. The van der Waals surface area contributed by atoms with Crippen LogP contribution in [-0.2, 0) is 5.41 Å². The van der Waals surface area contributed by atoms with Gasteiger partial charge in [0, 0.05) is 5.69 Å². The molecule has 0 amide bonds. The predicted octanol–water partition coefficient (Wildman–Crippen LogP) is 15.1. The minimum atomic E-state index is -0.578. The Morgan fingerprint density at radius 1 is 0.259 bits per heavy atom. The van der Waals surface area contributed by atoms with E-state index in [1.165, 1.54) is 99.7 Å². The molecule has 0 fully saturated rings. The van der Waals surface area contributed by atoms with Gasteiger partial charge in [0.2, 0.25) is 0 Å². The second kappa shape index (κ2) is 12.8. The van der Waals surface area contributed by atoms with Gasteiger partial charge in [-0.2, -0.15) is 0 Å². The third-order valence-electron chi connectivity index (χ3n) is 12.6. The molecule has 1 spiro atoms. The van der Waals surface area contributed by atoms with Crippen LogP contribution in [0.4, 0.5) is 17.1 Å². The van der Waals surface area contributed by atoms with Gasteiger partial charge in [0.1, 0.15) is 0 Å². The van der Waals surface area contributed by atoms with Crippen molar-refractivity contribution in [2.45, 2.75) is 5.41 Å². The maximum absolute atomic E-state index is 2.49. The number of rotatable bonds is 4. The molecule has 1 heteroatoms. The number of para-hydroxylation sites is 2. The average molecular weight is 736 g/mol. The van der Waals surface area contributed by atoms with Crippen LogP contribution >= 0.6 is 0 Å². The lowest BCUT2D eigenvalue weighted by molar-refractivity contribution is 0.753. The molecule has 270 valence electrons. The number of benzene rings is 10. The molecular formula is C57H37N. The molecule has 1 nitrogen and oxygen atoms in total. The molecular weight excluding hydrogens is 699 g/mol. The van der Waals surface area contributed by atoms with Crippen LogP contribution in [0, 0.1) is 0 Å². The molecule has 58 heavy (non-hydrogen) atoms. The van der Waals surface area contributed by atoms with Gasteiger partial charge in [-0.25, -0.2) is 0 Å². The predicted molar refractivity (Wildman–Crippen MR) is 243 cm³/mol. The van der Waals surface area contributed by atoms with Crippen molar-refractivity contribution in [3.63, 3.8) is 0 Å². The number of hydrogen-bond acceptors (Lipinski definition) is 1. The van der Waals surface area contributed by atoms with Gasteiger partial charge in [0.15, 0.2) is 0 Å². The number of nitrogens with zero attached hydrogens (tertiary/aromatic N) is 1. The lowest BCUT2D eigenvalue weighted by Crippen LogP contribution is -2.36. The third kappa shape index (κ3) is 4.84. The normalized spacial score (nSPS) is 13.3. The van der Waals surface area contributed by atoms with Gasteiger partial charge in [0.25, 0.3) is 0 Å². The zero-order chi connectivity index (χ0) is 38.2. The van der Waals surface area contributed by atoms with Crippen molar-refractivity contribution in [3.05, 3.63) is 247 Å². The summed E-state index contributed by atoms with van der Waals surface area (Å²) in [4.78, 5) is 2.49. The fourth-order valence-electron chi connectivity index (χ4n) is 9.98. The van der Waals surface area contributed by atoms with Gasteiger partial charge in [-0.05, 0) is 137 Å². The van der Waals surface area contributed by atoms with Crippen molar-refractivity contribution in [2.75, 3.05) is 4.90 Å². The Hall–Kier alpha value is -7.48. The maximum Gasteiger partial charge on any atom is 0.0754 e. The van der Waals surface area contributed by atoms with Gasteiger partial charge < -0.3 is 4.90 Å². The molecule has 0 saturated heterocycles. The molecule has 10 aromatic rings. The van der Waals surface area contributed by atoms with Gasteiger partial charge >= 0.3 is 0 Å². The fourth-order valence-corrected chi connectivity index (χ4v) is 9.98. The SMILES string of the molecule is c1ccc(-c2cccc(N3c4ccccc4C4(c5cc(-c6ccc7ccccc7c6)ccc5-c5ccc(-c6ccc7ccccc7c6)cc54)c4ccccc43)c2)cc1. The molecule has 0 bridgehead atoms. The van der Waals surface area contributed by atoms with Crippen LogP contribution in [0.15, 0.2) is 224 Å². The Bertz CT molecular complexity index is 3070. The first kappa shape index (κ1) is 32.7. The Morgan fingerprint density at radius 2 is 0.690 bits per heavy atom. The molecule has 0 saturated carbocycles. The topological polar surface area (TPSA) is 3.24 Å². The van der Waals surface area contributed by atoms with Gasteiger partial charge in [-0.3, -0.25) is 0 Å². The van der Waals surface area contributed by atoms with Crippen LogP contribution in [0.3, 0.4) is 0 Å². The molecule has 2 aliphatic rings. The van der Waals surface area contributed by atoms with Crippen LogP contribution < -0.4 is 4.90 Å². The Labute approximate surface area is 338 Å². The second-order valence-corrected chi connectivity index (χ2v) is 15.7. The highest BCUT2D eigenvalue weighted by Crippen LogP contribution is 2.64. The first-order valence-electron chi connectivity index (χ1n) is 20.2. The van der Waals surface area contributed by atoms with E-state index in [4.69, 9.17) is 0 Å². The molecule has 1 aliphatic carbocycles. The van der Waals surface area contributed by atoms with Crippen LogP contribution in [0.2, 0.25) is 0 Å². The quantitative estimate of drug-likeness (QED) is 0.174. The lowest BCUT2D eigenvalue weighted by Gasteiger charge is -2.45. The van der Waals surface area contributed by atoms with E-state index in [-0.39, 0.29) is 0 Å². The first-order valence-corrected chi connectivity index (χ1v) is 20.2. The number of fused-ring (bicyclic) bond motifs is 11. The van der Waals surface area contributed by atoms with Crippen LogP contribution in [0.5, 0.6) is 0 Å². The minimum absolute atomic E-state index is 0.578. The van der Waals surface area contributed by atoms with E-state index in [2.05, 4.69) is 229 Å². The highest BCUT2D eigenvalue weighted by Gasteiger charge is 2.52. The van der Waals surface area contributed by atoms with E-state index in [1.807, 2.05) is 0 Å². The maximum atomic E-state index is 2.49. The zero-order valence-electron chi connectivity index (χ0n) is 31.8. The van der Waals surface area contributed by atoms with Crippen LogP contribution in [0.1, 0.15) is 22.3 Å². The summed E-state index contributed by atoms with van der Waals surface area (Å²) in [6, 6.07) is 83.4. The van der Waals surface area contributed by atoms with E-state index in [1.54, 1.807) is 0 Å². The van der Waals surface area contributed by atoms with Crippen molar-refractivity contribution in [3.8, 4) is 44.5 Å². The van der Waals surface area contributed by atoms with E-state index in [0.717, 1.165) is 5.69 Å². The van der Waals surface area contributed by atoms with Gasteiger partial charge in [0.05, 0.1) is 16.8 Å². The molecule has 0 radical (unpaired) electrons. The smallest absolute Gasteiger partial charge is 0.0754 e. The molecule has 0 atom stereocenters. The molecule has 1 heterocycles. The van der Waals surface area contributed by atoms with Crippen molar-refractivity contribution in [1.82, 2.24) is 0 Å². The summed E-state index contributed by atoms with van der Waals surface area (Å²) in [6.07, 6.45) is 0. The highest BCUT2D eigenvalue weighted by atomic mass is 15.2. The Morgan fingerprint density at radius 3 is 1.26 bits per heavy atom. The van der Waals surface area contributed by atoms with Crippen molar-refractivity contribution in [1.29, 1.82) is 0 Å². The van der Waals surface area contributed by atoms with Crippen molar-refractivity contribution >= 4 is 38.6 Å². The zero-order valence-corrected chi connectivity index (χ0v) is 31.8. The lowest BCUT2D eigenvalue weighted by atomic mass is 9.64. The average Bonchev–Trinajstić information content (AvgIpc) is 3.58. The monoisotopic (exact) mass is 735 g/mol. The van der Waals surface area contributed by atoms with Gasteiger partial charge in [-0.1, -0.05) is 176 Å². The first-order chi connectivity index (χ1) is 28.7.